The van der Waals surface area contributed by atoms with Crippen LogP contribution < -0.4 is 0 Å². The van der Waals surface area contributed by atoms with Gasteiger partial charge in [-0.05, 0) is 34.1 Å². The van der Waals surface area contributed by atoms with Crippen LogP contribution in [-0.4, -0.2) is 0 Å². The first kappa shape index (κ1) is 9.31. The Bertz CT molecular complexity index is 240. The normalized spacial score (nSPS) is 20.3. The van der Waals surface area contributed by atoms with E-state index in [0.29, 0.717) is 5.92 Å². The van der Waals surface area contributed by atoms with Crippen molar-refractivity contribution in [1.82, 2.24) is 0 Å². The van der Waals surface area contributed by atoms with E-state index in [0.717, 1.165) is 6.42 Å². The van der Waals surface area contributed by atoms with E-state index in [2.05, 4.69) is 40.3 Å². The molecule has 0 amide bonds. The first-order chi connectivity index (χ1) is 5.57. The highest BCUT2D eigenvalue weighted by Gasteiger charge is 2.18. The van der Waals surface area contributed by atoms with Crippen LogP contribution in [0.4, 0.5) is 0 Å². The molecule has 0 saturated heterocycles. The number of allylic oxidation sites excluding steroid dienone is 5. The molecule has 0 unspecified atom stereocenters. The molecule has 0 nitrogen and oxygen atoms in total. The van der Waals surface area contributed by atoms with Gasteiger partial charge in [0.1, 0.15) is 0 Å². The van der Waals surface area contributed by atoms with Crippen LogP contribution in [0.5, 0.6) is 0 Å². The van der Waals surface area contributed by atoms with E-state index in [1.165, 1.54) is 22.3 Å². The predicted octanol–water partition coefficient (Wildman–Crippen LogP) is 3.87. The zero-order valence-electron chi connectivity index (χ0n) is 8.57. The Morgan fingerprint density at radius 1 is 1.08 bits per heavy atom. The largest absolute Gasteiger partial charge is 0.102 e. The monoisotopic (exact) mass is 162 g/mol. The molecule has 0 heteroatoms. The van der Waals surface area contributed by atoms with Crippen LogP contribution in [-0.2, 0) is 0 Å². The van der Waals surface area contributed by atoms with Crippen molar-refractivity contribution in [3.8, 4) is 0 Å². The third-order valence-corrected chi connectivity index (χ3v) is 3.05. The smallest absolute Gasteiger partial charge is 0.0184 e. The van der Waals surface area contributed by atoms with Gasteiger partial charge < -0.3 is 0 Å². The second-order valence-corrected chi connectivity index (χ2v) is 3.82. The molecule has 12 heavy (non-hydrogen) atoms. The van der Waals surface area contributed by atoms with Gasteiger partial charge in [-0.25, -0.2) is 0 Å². The highest BCUT2D eigenvalue weighted by atomic mass is 14.2. The molecule has 0 aromatic heterocycles. The molecule has 0 atom stereocenters. The molecule has 1 aliphatic rings. The summed E-state index contributed by atoms with van der Waals surface area (Å²) in [5, 5.41) is 0. The summed E-state index contributed by atoms with van der Waals surface area (Å²) in [6.45, 7) is 12.8. The molecule has 0 radical (unpaired) electrons. The lowest BCUT2D eigenvalue weighted by molar-refractivity contribution is 0.797. The molecular weight excluding hydrogens is 144 g/mol. The fourth-order valence-electron chi connectivity index (χ4n) is 1.89. The first-order valence-electron chi connectivity index (χ1n) is 4.53. The molecule has 0 heterocycles. The van der Waals surface area contributed by atoms with Crippen molar-refractivity contribution < 1.29 is 0 Å². The van der Waals surface area contributed by atoms with Gasteiger partial charge in [-0.2, -0.15) is 0 Å². The highest BCUT2D eigenvalue weighted by molar-refractivity contribution is 5.37. The van der Waals surface area contributed by atoms with E-state index >= 15 is 0 Å². The van der Waals surface area contributed by atoms with Gasteiger partial charge in [0.05, 0.1) is 0 Å². The van der Waals surface area contributed by atoms with Crippen LogP contribution in [0.15, 0.2) is 34.9 Å². The molecule has 0 spiro atoms. The molecule has 1 aliphatic carbocycles. The van der Waals surface area contributed by atoms with Gasteiger partial charge in [0, 0.05) is 5.92 Å². The van der Waals surface area contributed by atoms with Crippen molar-refractivity contribution in [3.63, 3.8) is 0 Å². The summed E-state index contributed by atoms with van der Waals surface area (Å²) >= 11 is 0. The van der Waals surface area contributed by atoms with Gasteiger partial charge in [0.15, 0.2) is 0 Å². The molecule has 0 saturated carbocycles. The molecule has 66 valence electrons. The minimum absolute atomic E-state index is 0.499. The highest BCUT2D eigenvalue weighted by Crippen LogP contribution is 2.34. The molecule has 0 aromatic carbocycles. The van der Waals surface area contributed by atoms with Crippen molar-refractivity contribution in [2.45, 2.75) is 34.1 Å². The lowest BCUT2D eigenvalue weighted by atomic mass is 9.80. The van der Waals surface area contributed by atoms with Crippen LogP contribution >= 0.6 is 0 Å². The molecule has 0 N–H and O–H groups in total. The Labute approximate surface area is 75.7 Å². The maximum atomic E-state index is 3.89. The average molecular weight is 162 g/mol. The van der Waals surface area contributed by atoms with Crippen molar-refractivity contribution in [2.24, 2.45) is 5.92 Å². The Balaban J connectivity index is 3.07. The van der Waals surface area contributed by atoms with E-state index in [-0.39, 0.29) is 0 Å². The number of hydrogen-bond donors (Lipinski definition) is 0. The maximum Gasteiger partial charge on any atom is 0.0184 e. The Morgan fingerprint density at radius 3 is 1.83 bits per heavy atom. The van der Waals surface area contributed by atoms with E-state index in [1.807, 2.05) is 0 Å². The van der Waals surface area contributed by atoms with Crippen molar-refractivity contribution >= 4 is 0 Å². The van der Waals surface area contributed by atoms with Gasteiger partial charge in [-0.1, -0.05) is 28.4 Å². The second kappa shape index (κ2) is 3.30. The third kappa shape index (κ3) is 1.38. The van der Waals surface area contributed by atoms with Gasteiger partial charge >= 0.3 is 0 Å². The zero-order valence-corrected chi connectivity index (χ0v) is 8.57. The van der Waals surface area contributed by atoms with Crippen molar-refractivity contribution in [2.75, 3.05) is 0 Å². The first-order valence-corrected chi connectivity index (χ1v) is 4.53. The lowest BCUT2D eigenvalue weighted by Gasteiger charge is -2.25. The maximum absolute atomic E-state index is 3.89. The summed E-state index contributed by atoms with van der Waals surface area (Å²) in [6, 6.07) is 0. The fourth-order valence-corrected chi connectivity index (χ4v) is 1.89. The topological polar surface area (TPSA) is 0 Å². The van der Waals surface area contributed by atoms with Crippen LogP contribution in [0, 0.1) is 5.92 Å². The van der Waals surface area contributed by atoms with E-state index in [4.69, 9.17) is 0 Å². The van der Waals surface area contributed by atoms with Gasteiger partial charge in [-0.15, -0.1) is 6.58 Å². The fraction of sp³-hybridized carbons (Fsp3) is 0.500. The third-order valence-electron chi connectivity index (χ3n) is 3.05. The Hall–Kier alpha value is -0.780. The van der Waals surface area contributed by atoms with Crippen molar-refractivity contribution in [1.29, 1.82) is 0 Å². The van der Waals surface area contributed by atoms with E-state index < -0.39 is 0 Å². The molecule has 0 aromatic rings. The van der Waals surface area contributed by atoms with Crippen LogP contribution in [0.1, 0.15) is 34.1 Å². The van der Waals surface area contributed by atoms with Crippen LogP contribution in [0.25, 0.3) is 0 Å². The number of rotatable bonds is 1. The SMILES string of the molecule is C=CC1C(C)=C(C)CC(C)=C1C. The molecule has 0 aliphatic heterocycles. The van der Waals surface area contributed by atoms with Gasteiger partial charge in [0.2, 0.25) is 0 Å². The average Bonchev–Trinajstić information content (AvgIpc) is 2.02. The second-order valence-electron chi connectivity index (χ2n) is 3.82. The summed E-state index contributed by atoms with van der Waals surface area (Å²) in [5.41, 5.74) is 6.02. The quantitative estimate of drug-likeness (QED) is 0.513. The Morgan fingerprint density at radius 2 is 1.50 bits per heavy atom. The van der Waals surface area contributed by atoms with E-state index in [9.17, 15) is 0 Å². The van der Waals surface area contributed by atoms with Crippen molar-refractivity contribution in [3.05, 3.63) is 34.9 Å². The minimum atomic E-state index is 0.499. The lowest BCUT2D eigenvalue weighted by Crippen LogP contribution is -2.09. The molecular formula is C12H18. The van der Waals surface area contributed by atoms with E-state index in [1.54, 1.807) is 0 Å². The molecule has 1 rings (SSSR count). The summed E-state index contributed by atoms with van der Waals surface area (Å²) in [5.74, 6) is 0.499. The summed E-state index contributed by atoms with van der Waals surface area (Å²) in [7, 11) is 0. The van der Waals surface area contributed by atoms with Gasteiger partial charge in [-0.3, -0.25) is 0 Å². The zero-order chi connectivity index (χ0) is 9.30. The summed E-state index contributed by atoms with van der Waals surface area (Å²) in [6.07, 6.45) is 3.21. The summed E-state index contributed by atoms with van der Waals surface area (Å²) < 4.78 is 0. The predicted molar refractivity (Wildman–Crippen MR) is 55.1 cm³/mol. The standard InChI is InChI=1S/C12H18/c1-6-12-10(4)8(2)7-9(3)11(12)5/h6,12H,1,7H2,2-5H3. The molecule has 0 fully saturated rings. The van der Waals surface area contributed by atoms with Crippen LogP contribution in [0.3, 0.4) is 0 Å². The van der Waals surface area contributed by atoms with Gasteiger partial charge in [0.25, 0.3) is 0 Å². The van der Waals surface area contributed by atoms with Crippen LogP contribution in [0.2, 0.25) is 0 Å². The Kier molecular flexibility index (Phi) is 2.56. The minimum Gasteiger partial charge on any atom is -0.102 e. The number of hydrogen-bond acceptors (Lipinski definition) is 0. The molecule has 0 bridgehead atoms. The summed E-state index contributed by atoms with van der Waals surface area (Å²) in [4.78, 5) is 0.